The number of amides is 1. The van der Waals surface area contributed by atoms with Gasteiger partial charge in [-0.2, -0.15) is 0 Å². The minimum atomic E-state index is -0.394. The Bertz CT molecular complexity index is 970. The van der Waals surface area contributed by atoms with Crippen molar-refractivity contribution in [3.05, 3.63) is 72.6 Å². The van der Waals surface area contributed by atoms with Crippen LogP contribution < -0.4 is 5.32 Å². The number of hydrogen-bond acceptors (Lipinski definition) is 4. The molecule has 0 aliphatic carbocycles. The van der Waals surface area contributed by atoms with Gasteiger partial charge in [0.05, 0.1) is 5.75 Å². The van der Waals surface area contributed by atoms with Crippen molar-refractivity contribution >= 4 is 23.4 Å². The Morgan fingerprint density at radius 1 is 1.26 bits per heavy atom. The predicted octanol–water partition coefficient (Wildman–Crippen LogP) is 4.31. The molecule has 3 rings (SSSR count). The van der Waals surface area contributed by atoms with Crippen molar-refractivity contribution < 1.29 is 9.18 Å². The van der Waals surface area contributed by atoms with Gasteiger partial charge in [0.15, 0.2) is 11.0 Å². The van der Waals surface area contributed by atoms with Crippen molar-refractivity contribution in [2.24, 2.45) is 0 Å². The second-order valence-electron chi connectivity index (χ2n) is 5.92. The molecule has 3 aromatic rings. The van der Waals surface area contributed by atoms with E-state index < -0.39 is 5.82 Å². The third kappa shape index (κ3) is 4.83. The number of halogens is 1. The SMILES string of the molecule is C=CCn1c(SCC(=O)Nc2cccc(F)c2)nnc1-c1cccc(C)c1. The van der Waals surface area contributed by atoms with Crippen LogP contribution in [0.1, 0.15) is 5.56 Å². The van der Waals surface area contributed by atoms with Gasteiger partial charge in [-0.25, -0.2) is 4.39 Å². The predicted molar refractivity (Wildman–Crippen MR) is 106 cm³/mol. The molecule has 0 unspecified atom stereocenters. The summed E-state index contributed by atoms with van der Waals surface area (Å²) in [4.78, 5) is 12.2. The minimum Gasteiger partial charge on any atom is -0.325 e. The molecule has 1 amide bonds. The van der Waals surface area contributed by atoms with E-state index >= 15 is 0 Å². The zero-order chi connectivity index (χ0) is 19.2. The molecule has 1 N–H and O–H groups in total. The number of benzene rings is 2. The monoisotopic (exact) mass is 382 g/mol. The quantitative estimate of drug-likeness (QED) is 0.489. The fourth-order valence-corrected chi connectivity index (χ4v) is 3.33. The summed E-state index contributed by atoms with van der Waals surface area (Å²) in [5.74, 6) is 0.232. The lowest BCUT2D eigenvalue weighted by molar-refractivity contribution is -0.113. The molecule has 0 atom stereocenters. The van der Waals surface area contributed by atoms with Gasteiger partial charge in [0.1, 0.15) is 5.82 Å². The van der Waals surface area contributed by atoms with Gasteiger partial charge in [0.2, 0.25) is 5.91 Å². The van der Waals surface area contributed by atoms with E-state index in [0.29, 0.717) is 17.4 Å². The van der Waals surface area contributed by atoms with Crippen molar-refractivity contribution in [3.63, 3.8) is 0 Å². The smallest absolute Gasteiger partial charge is 0.234 e. The molecular weight excluding hydrogens is 363 g/mol. The molecule has 0 fully saturated rings. The third-order valence-corrected chi connectivity index (χ3v) is 4.71. The van der Waals surface area contributed by atoms with Crippen molar-refractivity contribution in [1.29, 1.82) is 0 Å². The average molecular weight is 382 g/mol. The topological polar surface area (TPSA) is 59.8 Å². The van der Waals surface area contributed by atoms with E-state index in [-0.39, 0.29) is 11.7 Å². The lowest BCUT2D eigenvalue weighted by Gasteiger charge is -2.08. The Balaban J connectivity index is 1.73. The summed E-state index contributed by atoms with van der Waals surface area (Å²) in [5, 5.41) is 11.8. The standard InChI is InChI=1S/C20H19FN4OS/c1-3-10-25-19(15-7-4-6-14(2)11-15)23-24-20(25)27-13-18(26)22-17-9-5-8-16(21)12-17/h3-9,11-12H,1,10,13H2,2H3,(H,22,26). The number of nitrogens with one attached hydrogen (secondary N) is 1. The van der Waals surface area contributed by atoms with Gasteiger partial charge in [-0.1, -0.05) is 47.7 Å². The molecule has 5 nitrogen and oxygen atoms in total. The number of aromatic nitrogens is 3. The maximum atomic E-state index is 13.2. The highest BCUT2D eigenvalue weighted by molar-refractivity contribution is 7.99. The summed E-state index contributed by atoms with van der Waals surface area (Å²) in [6, 6.07) is 13.8. The first-order valence-corrected chi connectivity index (χ1v) is 9.34. The number of rotatable bonds is 7. The maximum Gasteiger partial charge on any atom is 0.234 e. The number of allylic oxidation sites excluding steroid dienone is 1. The number of carbonyl (C=O) groups excluding carboxylic acids is 1. The summed E-state index contributed by atoms with van der Waals surface area (Å²) in [5.41, 5.74) is 2.51. The molecule has 0 bridgehead atoms. The second-order valence-corrected chi connectivity index (χ2v) is 6.86. The number of aryl methyl sites for hydroxylation is 1. The normalized spacial score (nSPS) is 10.6. The minimum absolute atomic E-state index is 0.138. The van der Waals surface area contributed by atoms with Crippen molar-refractivity contribution in [2.45, 2.75) is 18.6 Å². The number of carbonyl (C=O) groups is 1. The van der Waals surface area contributed by atoms with Crippen LogP contribution in [0.3, 0.4) is 0 Å². The van der Waals surface area contributed by atoms with Gasteiger partial charge in [-0.15, -0.1) is 16.8 Å². The molecule has 7 heteroatoms. The Labute approximate surface area is 161 Å². The number of nitrogens with zero attached hydrogens (tertiary/aromatic N) is 3. The van der Waals surface area contributed by atoms with Crippen LogP contribution in [0.5, 0.6) is 0 Å². The molecule has 1 aromatic heterocycles. The summed E-state index contributed by atoms with van der Waals surface area (Å²) >= 11 is 1.27. The van der Waals surface area contributed by atoms with Crippen molar-refractivity contribution in [2.75, 3.05) is 11.1 Å². The van der Waals surface area contributed by atoms with Gasteiger partial charge >= 0.3 is 0 Å². The highest BCUT2D eigenvalue weighted by atomic mass is 32.2. The summed E-state index contributed by atoms with van der Waals surface area (Å²) in [7, 11) is 0. The maximum absolute atomic E-state index is 13.2. The molecule has 0 aliphatic heterocycles. The van der Waals surface area contributed by atoms with E-state index in [9.17, 15) is 9.18 Å². The lowest BCUT2D eigenvalue weighted by Crippen LogP contribution is -2.14. The number of thioether (sulfide) groups is 1. The molecule has 27 heavy (non-hydrogen) atoms. The summed E-state index contributed by atoms with van der Waals surface area (Å²) in [6.07, 6.45) is 1.76. The van der Waals surface area contributed by atoms with Crippen LogP contribution in [0.25, 0.3) is 11.4 Å². The second kappa shape index (κ2) is 8.64. The van der Waals surface area contributed by atoms with Crippen LogP contribution >= 0.6 is 11.8 Å². The highest BCUT2D eigenvalue weighted by Crippen LogP contribution is 2.25. The molecule has 0 radical (unpaired) electrons. The van der Waals surface area contributed by atoms with E-state index in [4.69, 9.17) is 0 Å². The molecule has 0 spiro atoms. The number of anilines is 1. The van der Waals surface area contributed by atoms with E-state index in [0.717, 1.165) is 17.0 Å². The first-order valence-electron chi connectivity index (χ1n) is 8.36. The Morgan fingerprint density at radius 3 is 2.81 bits per heavy atom. The Hall–Kier alpha value is -2.93. The molecule has 1 heterocycles. The van der Waals surface area contributed by atoms with Crippen LogP contribution in [0.2, 0.25) is 0 Å². The van der Waals surface area contributed by atoms with E-state index in [1.165, 1.54) is 23.9 Å². The van der Waals surface area contributed by atoms with Crippen LogP contribution in [0, 0.1) is 12.7 Å². The molecular formula is C20H19FN4OS. The highest BCUT2D eigenvalue weighted by Gasteiger charge is 2.15. The van der Waals surface area contributed by atoms with Crippen molar-refractivity contribution in [3.8, 4) is 11.4 Å². The zero-order valence-electron chi connectivity index (χ0n) is 14.9. The zero-order valence-corrected chi connectivity index (χ0v) is 15.7. The summed E-state index contributed by atoms with van der Waals surface area (Å²) < 4.78 is 15.1. The third-order valence-electron chi connectivity index (χ3n) is 3.75. The van der Waals surface area contributed by atoms with Crippen LogP contribution in [0.4, 0.5) is 10.1 Å². The molecule has 0 saturated heterocycles. The molecule has 0 aliphatic rings. The lowest BCUT2D eigenvalue weighted by atomic mass is 10.1. The van der Waals surface area contributed by atoms with E-state index in [1.54, 1.807) is 18.2 Å². The van der Waals surface area contributed by atoms with E-state index in [2.05, 4.69) is 22.1 Å². The van der Waals surface area contributed by atoms with Crippen LogP contribution in [-0.2, 0) is 11.3 Å². The van der Waals surface area contributed by atoms with Gasteiger partial charge in [-0.05, 0) is 31.2 Å². The number of hydrogen-bond donors (Lipinski definition) is 1. The first-order chi connectivity index (χ1) is 13.1. The van der Waals surface area contributed by atoms with Gasteiger partial charge < -0.3 is 5.32 Å². The van der Waals surface area contributed by atoms with E-state index in [1.807, 2.05) is 35.8 Å². The fraction of sp³-hybridized carbons (Fsp3) is 0.150. The van der Waals surface area contributed by atoms with Gasteiger partial charge in [0, 0.05) is 17.8 Å². The van der Waals surface area contributed by atoms with Gasteiger partial charge in [-0.3, -0.25) is 9.36 Å². The average Bonchev–Trinajstić information content (AvgIpc) is 3.03. The Kier molecular flexibility index (Phi) is 6.03. The Morgan fingerprint density at radius 2 is 2.07 bits per heavy atom. The molecule has 138 valence electrons. The largest absolute Gasteiger partial charge is 0.325 e. The fourth-order valence-electron chi connectivity index (χ4n) is 2.58. The molecule has 2 aromatic carbocycles. The first kappa shape index (κ1) is 18.8. The summed E-state index contributed by atoms with van der Waals surface area (Å²) in [6.45, 7) is 6.34. The molecule has 0 saturated carbocycles. The van der Waals surface area contributed by atoms with Crippen molar-refractivity contribution in [1.82, 2.24) is 14.8 Å². The van der Waals surface area contributed by atoms with Crippen LogP contribution in [0.15, 0.2) is 66.3 Å². The van der Waals surface area contributed by atoms with Gasteiger partial charge in [0.25, 0.3) is 0 Å². The van der Waals surface area contributed by atoms with Crippen LogP contribution in [-0.4, -0.2) is 26.4 Å².